The maximum Gasteiger partial charge on any atom is 0.0697 e. The van der Waals surface area contributed by atoms with E-state index in [1.54, 1.807) is 0 Å². The van der Waals surface area contributed by atoms with Crippen molar-refractivity contribution in [2.45, 2.75) is 26.7 Å². The summed E-state index contributed by atoms with van der Waals surface area (Å²) >= 11 is 7.68. The Labute approximate surface area is 102 Å². The van der Waals surface area contributed by atoms with Crippen LogP contribution in [0, 0.1) is 0 Å². The Morgan fingerprint density at radius 1 is 0.857 bits per heavy atom. The standard InChI is InChI=1S/C10H12S4/c1-3-7-5-11-9(13-7)10-12-6-8(4-2)14-10/h5-6H,3-4H2,1-2H3/b10-9+. The zero-order valence-electron chi connectivity index (χ0n) is 8.20. The lowest BCUT2D eigenvalue weighted by atomic mass is 10.5. The van der Waals surface area contributed by atoms with E-state index in [0.29, 0.717) is 0 Å². The minimum absolute atomic E-state index is 1.16. The van der Waals surface area contributed by atoms with Crippen LogP contribution in [0.3, 0.4) is 0 Å². The molecule has 0 N–H and O–H groups in total. The van der Waals surface area contributed by atoms with Crippen molar-refractivity contribution in [3.8, 4) is 0 Å². The number of rotatable bonds is 2. The molecule has 0 aromatic carbocycles. The maximum absolute atomic E-state index is 2.29. The monoisotopic (exact) mass is 260 g/mol. The summed E-state index contributed by atoms with van der Waals surface area (Å²) in [5.41, 5.74) is 0. The topological polar surface area (TPSA) is 0 Å². The van der Waals surface area contributed by atoms with Crippen LogP contribution in [0.4, 0.5) is 0 Å². The molecule has 76 valence electrons. The number of allylic oxidation sites excluding steroid dienone is 2. The molecule has 4 heteroatoms. The van der Waals surface area contributed by atoms with E-state index in [0.717, 1.165) is 12.8 Å². The van der Waals surface area contributed by atoms with Crippen LogP contribution in [0.25, 0.3) is 0 Å². The SMILES string of the molecule is CCC1=CS/C(=C2/SC=C(CC)S2)S1. The van der Waals surface area contributed by atoms with E-state index in [9.17, 15) is 0 Å². The highest BCUT2D eigenvalue weighted by Gasteiger charge is 2.20. The van der Waals surface area contributed by atoms with Gasteiger partial charge in [-0.05, 0) is 33.5 Å². The van der Waals surface area contributed by atoms with Crippen molar-refractivity contribution in [1.29, 1.82) is 0 Å². The van der Waals surface area contributed by atoms with Gasteiger partial charge in [-0.1, -0.05) is 60.9 Å². The van der Waals surface area contributed by atoms with Crippen LogP contribution in [-0.4, -0.2) is 0 Å². The largest absolute Gasteiger partial charge is 0.0881 e. The number of hydrogen-bond acceptors (Lipinski definition) is 4. The average Bonchev–Trinajstić information content (AvgIpc) is 2.86. The summed E-state index contributed by atoms with van der Waals surface area (Å²) in [5, 5.41) is 4.58. The van der Waals surface area contributed by atoms with E-state index in [-0.39, 0.29) is 0 Å². The first kappa shape index (κ1) is 11.1. The minimum Gasteiger partial charge on any atom is -0.0881 e. The van der Waals surface area contributed by atoms with Gasteiger partial charge in [-0.25, -0.2) is 0 Å². The molecule has 0 saturated heterocycles. The molecule has 0 spiro atoms. The summed E-state index contributed by atoms with van der Waals surface area (Å²) in [6, 6.07) is 0. The van der Waals surface area contributed by atoms with Crippen molar-refractivity contribution in [1.82, 2.24) is 0 Å². The molecule has 0 nitrogen and oxygen atoms in total. The molecule has 2 rings (SSSR count). The fourth-order valence-corrected chi connectivity index (χ4v) is 6.06. The van der Waals surface area contributed by atoms with Gasteiger partial charge in [0.2, 0.25) is 0 Å². The van der Waals surface area contributed by atoms with Gasteiger partial charge in [0.25, 0.3) is 0 Å². The Bertz CT molecular complexity index is 293. The van der Waals surface area contributed by atoms with Crippen LogP contribution in [0.1, 0.15) is 26.7 Å². The van der Waals surface area contributed by atoms with Gasteiger partial charge in [0.15, 0.2) is 0 Å². The first-order chi connectivity index (χ1) is 6.83. The molecule has 0 radical (unpaired) electrons. The summed E-state index contributed by atoms with van der Waals surface area (Å²) in [7, 11) is 0. The van der Waals surface area contributed by atoms with Crippen molar-refractivity contribution in [3.63, 3.8) is 0 Å². The molecule has 2 aliphatic heterocycles. The highest BCUT2D eigenvalue weighted by Crippen LogP contribution is 2.56. The van der Waals surface area contributed by atoms with Crippen LogP contribution < -0.4 is 0 Å². The van der Waals surface area contributed by atoms with Crippen LogP contribution in [0.2, 0.25) is 0 Å². The zero-order valence-corrected chi connectivity index (χ0v) is 11.5. The smallest absolute Gasteiger partial charge is 0.0697 e. The molecule has 0 atom stereocenters. The molecule has 2 aliphatic rings. The van der Waals surface area contributed by atoms with Gasteiger partial charge in [0.05, 0.1) is 8.47 Å². The molecule has 0 amide bonds. The Morgan fingerprint density at radius 3 is 1.57 bits per heavy atom. The maximum atomic E-state index is 2.29. The summed E-state index contributed by atoms with van der Waals surface area (Å²) in [6.45, 7) is 4.44. The second-order valence-electron chi connectivity index (χ2n) is 2.89. The zero-order chi connectivity index (χ0) is 9.97. The van der Waals surface area contributed by atoms with E-state index in [4.69, 9.17) is 0 Å². The fraction of sp³-hybridized carbons (Fsp3) is 0.400. The highest BCUT2D eigenvalue weighted by atomic mass is 32.2. The quantitative estimate of drug-likeness (QED) is 0.635. The molecule has 0 saturated carbocycles. The van der Waals surface area contributed by atoms with Crippen molar-refractivity contribution in [2.24, 2.45) is 0 Å². The van der Waals surface area contributed by atoms with Gasteiger partial charge in [-0.15, -0.1) is 0 Å². The number of hydrogen-bond donors (Lipinski definition) is 0. The molecule has 14 heavy (non-hydrogen) atoms. The number of thioether (sulfide) groups is 4. The van der Waals surface area contributed by atoms with Crippen molar-refractivity contribution < 1.29 is 0 Å². The molecular formula is C10H12S4. The van der Waals surface area contributed by atoms with Crippen LogP contribution >= 0.6 is 47.0 Å². The Kier molecular flexibility index (Phi) is 4.05. The van der Waals surface area contributed by atoms with Gasteiger partial charge < -0.3 is 0 Å². The predicted molar refractivity (Wildman–Crippen MR) is 74.1 cm³/mol. The summed E-state index contributed by atoms with van der Waals surface area (Å²) in [5.74, 6) is 0. The summed E-state index contributed by atoms with van der Waals surface area (Å²) in [6.07, 6.45) is 2.33. The van der Waals surface area contributed by atoms with Gasteiger partial charge in [-0.2, -0.15) is 0 Å². The molecule has 0 aromatic heterocycles. The van der Waals surface area contributed by atoms with Gasteiger partial charge in [-0.3, -0.25) is 0 Å². The third kappa shape index (κ3) is 2.40. The van der Waals surface area contributed by atoms with Crippen LogP contribution in [0.15, 0.2) is 29.1 Å². The minimum atomic E-state index is 1.16. The van der Waals surface area contributed by atoms with E-state index >= 15 is 0 Å². The Hall–Kier alpha value is 0.620. The van der Waals surface area contributed by atoms with E-state index < -0.39 is 0 Å². The fourth-order valence-electron chi connectivity index (χ4n) is 1.06. The third-order valence-corrected chi connectivity index (χ3v) is 7.56. The first-order valence-electron chi connectivity index (χ1n) is 4.64. The molecule has 0 aliphatic carbocycles. The van der Waals surface area contributed by atoms with E-state index in [2.05, 4.69) is 24.7 Å². The lowest BCUT2D eigenvalue weighted by molar-refractivity contribution is 1.21. The molecule has 0 fully saturated rings. The summed E-state index contributed by atoms with van der Waals surface area (Å²) in [4.78, 5) is 3.01. The van der Waals surface area contributed by atoms with Crippen LogP contribution in [-0.2, 0) is 0 Å². The van der Waals surface area contributed by atoms with Crippen molar-refractivity contribution >= 4 is 47.0 Å². The third-order valence-electron chi connectivity index (χ3n) is 1.91. The first-order valence-corrected chi connectivity index (χ1v) is 8.04. The second-order valence-corrected chi connectivity index (χ2v) is 7.44. The predicted octanol–water partition coefficient (Wildman–Crippen LogP) is 5.58. The van der Waals surface area contributed by atoms with Crippen LogP contribution in [0.5, 0.6) is 0 Å². The molecule has 0 bridgehead atoms. The second kappa shape index (κ2) is 5.10. The lowest BCUT2D eigenvalue weighted by Crippen LogP contribution is -1.69. The van der Waals surface area contributed by atoms with Gasteiger partial charge in [0, 0.05) is 0 Å². The van der Waals surface area contributed by atoms with Crippen molar-refractivity contribution in [3.05, 3.63) is 29.1 Å². The summed E-state index contributed by atoms with van der Waals surface area (Å²) < 4.78 is 2.97. The lowest BCUT2D eigenvalue weighted by Gasteiger charge is -2.01. The Morgan fingerprint density at radius 2 is 1.29 bits per heavy atom. The molecule has 0 aromatic rings. The molecular weight excluding hydrogens is 248 g/mol. The Balaban J connectivity index is 2.01. The molecule has 0 unspecified atom stereocenters. The average molecular weight is 260 g/mol. The van der Waals surface area contributed by atoms with Gasteiger partial charge in [0.1, 0.15) is 0 Å². The highest BCUT2D eigenvalue weighted by molar-refractivity contribution is 8.33. The van der Waals surface area contributed by atoms with Crippen molar-refractivity contribution in [2.75, 3.05) is 0 Å². The van der Waals surface area contributed by atoms with E-state index in [1.165, 1.54) is 18.3 Å². The van der Waals surface area contributed by atoms with Gasteiger partial charge >= 0.3 is 0 Å². The van der Waals surface area contributed by atoms with E-state index in [1.807, 2.05) is 47.0 Å². The molecule has 2 heterocycles. The normalized spacial score (nSPS) is 26.7.